The third-order valence-corrected chi connectivity index (χ3v) is 7.27. The minimum absolute atomic E-state index is 0.0442. The van der Waals surface area contributed by atoms with Crippen LogP contribution in [-0.4, -0.2) is 38.0 Å². The first-order valence-corrected chi connectivity index (χ1v) is 10.5. The van der Waals surface area contributed by atoms with E-state index >= 15 is 0 Å². The van der Waals surface area contributed by atoms with Crippen molar-refractivity contribution in [2.24, 2.45) is 5.92 Å². The first-order valence-electron chi connectivity index (χ1n) is 9.04. The highest BCUT2D eigenvalue weighted by Crippen LogP contribution is 2.37. The second kappa shape index (κ2) is 6.63. The fraction of sp³-hybridized carbons (Fsp3) is 0.300. The average molecular weight is 400 g/mol. The molecule has 0 unspecified atom stereocenters. The Balaban J connectivity index is 1.62. The molecule has 7 nitrogen and oxygen atoms in total. The van der Waals surface area contributed by atoms with Gasteiger partial charge in [0.25, 0.3) is 10.0 Å². The van der Waals surface area contributed by atoms with Crippen LogP contribution in [0.1, 0.15) is 18.9 Å². The SMILES string of the molecule is C[C@H]1Cc2ccccc2N1S(=O)(=O)c1ccc(N2C[C@@H](C(=O)O)CC2=O)cc1. The predicted molar refractivity (Wildman–Crippen MR) is 104 cm³/mol. The van der Waals surface area contributed by atoms with Crippen LogP contribution >= 0.6 is 0 Å². The predicted octanol–water partition coefficient (Wildman–Crippen LogP) is 2.26. The average Bonchev–Trinajstić information content (AvgIpc) is 3.21. The summed E-state index contributed by atoms with van der Waals surface area (Å²) in [4.78, 5) is 24.8. The van der Waals surface area contributed by atoms with E-state index in [4.69, 9.17) is 5.11 Å². The number of carboxylic acids is 1. The number of rotatable bonds is 4. The molecule has 0 bridgehead atoms. The molecule has 8 heteroatoms. The van der Waals surface area contributed by atoms with Gasteiger partial charge in [-0.25, -0.2) is 8.42 Å². The molecule has 0 spiro atoms. The van der Waals surface area contributed by atoms with E-state index in [2.05, 4.69) is 0 Å². The van der Waals surface area contributed by atoms with Gasteiger partial charge in [0.2, 0.25) is 5.91 Å². The normalized spacial score (nSPS) is 21.8. The van der Waals surface area contributed by atoms with Crippen LogP contribution in [0.5, 0.6) is 0 Å². The van der Waals surface area contributed by atoms with Crippen molar-refractivity contribution in [1.29, 1.82) is 0 Å². The number of hydrogen-bond donors (Lipinski definition) is 1. The van der Waals surface area contributed by atoms with Crippen molar-refractivity contribution >= 4 is 33.3 Å². The number of sulfonamides is 1. The van der Waals surface area contributed by atoms with Crippen molar-refractivity contribution in [2.45, 2.75) is 30.7 Å². The summed E-state index contributed by atoms with van der Waals surface area (Å²) in [5.41, 5.74) is 2.19. The molecule has 1 saturated heterocycles. The molecule has 2 aliphatic rings. The Morgan fingerprint density at radius 2 is 1.75 bits per heavy atom. The number of benzene rings is 2. The number of carbonyl (C=O) groups is 2. The van der Waals surface area contributed by atoms with Crippen molar-refractivity contribution in [3.8, 4) is 0 Å². The standard InChI is InChI=1S/C20H20N2O5S/c1-13-10-14-4-2-3-5-18(14)22(13)28(26,27)17-8-6-16(7-9-17)21-12-15(20(24)25)11-19(21)23/h2-9,13,15H,10-12H2,1H3,(H,24,25)/t13-,15-/m0/s1. The molecule has 0 radical (unpaired) electrons. The number of nitrogens with zero attached hydrogens (tertiary/aromatic N) is 2. The topological polar surface area (TPSA) is 95.0 Å². The van der Waals surface area contributed by atoms with Gasteiger partial charge in [0, 0.05) is 24.7 Å². The molecular formula is C20H20N2O5S. The van der Waals surface area contributed by atoms with Crippen LogP contribution < -0.4 is 9.21 Å². The molecule has 2 atom stereocenters. The maximum Gasteiger partial charge on any atom is 0.308 e. The molecule has 1 amide bonds. The van der Waals surface area contributed by atoms with Crippen molar-refractivity contribution in [2.75, 3.05) is 15.7 Å². The van der Waals surface area contributed by atoms with E-state index in [9.17, 15) is 18.0 Å². The van der Waals surface area contributed by atoms with E-state index in [0.717, 1.165) is 5.56 Å². The molecule has 4 rings (SSSR count). The van der Waals surface area contributed by atoms with E-state index in [-0.39, 0.29) is 29.8 Å². The highest BCUT2D eigenvalue weighted by molar-refractivity contribution is 7.92. The van der Waals surface area contributed by atoms with Crippen LogP contribution in [-0.2, 0) is 26.0 Å². The summed E-state index contributed by atoms with van der Waals surface area (Å²) < 4.78 is 27.9. The van der Waals surface area contributed by atoms with E-state index in [1.165, 1.54) is 21.3 Å². The number of amides is 1. The minimum Gasteiger partial charge on any atom is -0.481 e. The largest absolute Gasteiger partial charge is 0.481 e. The Morgan fingerprint density at radius 3 is 2.39 bits per heavy atom. The second-order valence-electron chi connectivity index (χ2n) is 7.22. The fourth-order valence-electron chi connectivity index (χ4n) is 3.94. The molecule has 1 N–H and O–H groups in total. The zero-order valence-electron chi connectivity index (χ0n) is 15.3. The smallest absolute Gasteiger partial charge is 0.308 e. The Labute approximate surface area is 163 Å². The zero-order chi connectivity index (χ0) is 20.1. The first kappa shape index (κ1) is 18.5. The number of carbonyl (C=O) groups excluding carboxylic acids is 1. The summed E-state index contributed by atoms with van der Waals surface area (Å²) in [7, 11) is -3.74. The number of carboxylic acid groups (broad SMARTS) is 1. The molecule has 2 aromatic rings. The Morgan fingerprint density at radius 1 is 1.07 bits per heavy atom. The van der Waals surface area contributed by atoms with Crippen LogP contribution in [0.4, 0.5) is 11.4 Å². The molecule has 1 fully saturated rings. The van der Waals surface area contributed by atoms with Gasteiger partial charge in [0.1, 0.15) is 0 Å². The minimum atomic E-state index is -3.74. The van der Waals surface area contributed by atoms with Gasteiger partial charge in [-0.1, -0.05) is 18.2 Å². The number of aliphatic carboxylic acids is 1. The van der Waals surface area contributed by atoms with E-state index < -0.39 is 21.9 Å². The molecule has 2 aromatic carbocycles. The monoisotopic (exact) mass is 400 g/mol. The quantitative estimate of drug-likeness (QED) is 0.850. The summed E-state index contributed by atoms with van der Waals surface area (Å²) in [6, 6.07) is 13.3. The zero-order valence-corrected chi connectivity index (χ0v) is 16.1. The van der Waals surface area contributed by atoms with Crippen LogP contribution in [0, 0.1) is 5.92 Å². The summed E-state index contributed by atoms with van der Waals surface area (Å²) >= 11 is 0. The van der Waals surface area contributed by atoms with Crippen molar-refractivity contribution in [3.05, 3.63) is 54.1 Å². The summed E-state index contributed by atoms with van der Waals surface area (Å²) in [6.07, 6.45) is 0.615. The summed E-state index contributed by atoms with van der Waals surface area (Å²) in [6.45, 7) is 1.97. The lowest BCUT2D eigenvalue weighted by Gasteiger charge is -2.25. The molecule has 146 valence electrons. The molecule has 2 heterocycles. The van der Waals surface area contributed by atoms with Crippen LogP contribution in [0.15, 0.2) is 53.4 Å². The number of anilines is 2. The summed E-state index contributed by atoms with van der Waals surface area (Å²) in [5.74, 6) is -2.01. The third-order valence-electron chi connectivity index (χ3n) is 5.32. The Kier molecular flexibility index (Phi) is 4.38. The molecule has 0 aromatic heterocycles. The van der Waals surface area contributed by atoms with Gasteiger partial charge >= 0.3 is 5.97 Å². The molecule has 28 heavy (non-hydrogen) atoms. The number of para-hydroxylation sites is 1. The third kappa shape index (κ3) is 2.93. The molecule has 0 aliphatic carbocycles. The second-order valence-corrected chi connectivity index (χ2v) is 9.04. The van der Waals surface area contributed by atoms with Gasteiger partial charge in [0.15, 0.2) is 0 Å². The van der Waals surface area contributed by atoms with E-state index in [0.29, 0.717) is 17.8 Å². The van der Waals surface area contributed by atoms with Gasteiger partial charge < -0.3 is 10.0 Å². The van der Waals surface area contributed by atoms with Gasteiger partial charge in [-0.05, 0) is 49.2 Å². The number of hydrogen-bond acceptors (Lipinski definition) is 4. The van der Waals surface area contributed by atoms with Crippen molar-refractivity contribution in [1.82, 2.24) is 0 Å². The van der Waals surface area contributed by atoms with E-state index in [1.54, 1.807) is 18.2 Å². The lowest BCUT2D eigenvalue weighted by molar-refractivity contribution is -0.141. The Bertz CT molecular complexity index is 1050. The van der Waals surface area contributed by atoms with Crippen molar-refractivity contribution in [3.63, 3.8) is 0 Å². The highest BCUT2D eigenvalue weighted by Gasteiger charge is 2.37. The van der Waals surface area contributed by atoms with Crippen LogP contribution in [0.25, 0.3) is 0 Å². The first-order chi connectivity index (χ1) is 13.3. The number of fused-ring (bicyclic) bond motifs is 1. The molecular weight excluding hydrogens is 380 g/mol. The van der Waals surface area contributed by atoms with Crippen LogP contribution in [0.2, 0.25) is 0 Å². The van der Waals surface area contributed by atoms with Crippen LogP contribution in [0.3, 0.4) is 0 Å². The Hall–Kier alpha value is -2.87. The van der Waals surface area contributed by atoms with Crippen molar-refractivity contribution < 1.29 is 23.1 Å². The van der Waals surface area contributed by atoms with E-state index in [1.807, 2.05) is 25.1 Å². The van der Waals surface area contributed by atoms with Gasteiger partial charge in [-0.2, -0.15) is 0 Å². The maximum absolute atomic E-state index is 13.2. The maximum atomic E-state index is 13.2. The van der Waals surface area contributed by atoms with Gasteiger partial charge in [-0.15, -0.1) is 0 Å². The lowest BCUT2D eigenvalue weighted by Crippen LogP contribution is -2.35. The molecule has 2 aliphatic heterocycles. The summed E-state index contributed by atoms with van der Waals surface area (Å²) in [5, 5.41) is 9.11. The van der Waals surface area contributed by atoms with Gasteiger partial charge in [0.05, 0.1) is 16.5 Å². The molecule has 0 saturated carbocycles. The van der Waals surface area contributed by atoms with Gasteiger partial charge in [-0.3, -0.25) is 13.9 Å². The lowest BCUT2D eigenvalue weighted by atomic mass is 10.1. The highest BCUT2D eigenvalue weighted by atomic mass is 32.2. The fourth-order valence-corrected chi connectivity index (χ4v) is 5.63.